The van der Waals surface area contributed by atoms with Crippen LogP contribution in [0.1, 0.15) is 59.1 Å². The van der Waals surface area contributed by atoms with Crippen LogP contribution in [0.2, 0.25) is 19.6 Å². The number of rotatable bonds is 9. The van der Waals surface area contributed by atoms with Crippen LogP contribution < -0.4 is 39.9 Å². The van der Waals surface area contributed by atoms with Crippen LogP contribution in [0, 0.1) is 27.7 Å². The molecular formula is C50H53IN6O8Si. The summed E-state index contributed by atoms with van der Waals surface area (Å²) in [6, 6.07) is 22.1. The number of nitrogens with one attached hydrogen (secondary N) is 3. The van der Waals surface area contributed by atoms with Crippen molar-refractivity contribution in [1.82, 2.24) is 19.9 Å². The smallest absolute Gasteiger partial charge is 0.247 e. The number of carbonyl (C=O) groups is 2. The molecule has 6 aromatic rings. The Morgan fingerprint density at radius 3 is 1.53 bits per heavy atom. The van der Waals surface area contributed by atoms with E-state index >= 15 is 0 Å². The number of halogens is 1. The zero-order valence-electron chi connectivity index (χ0n) is 38.3. The first-order valence-corrected chi connectivity index (χ1v) is 28.4. The highest BCUT2D eigenvalue weighted by Crippen LogP contribution is 2.52. The van der Waals surface area contributed by atoms with Crippen LogP contribution in [0.5, 0.6) is 28.9 Å². The lowest BCUT2D eigenvalue weighted by molar-refractivity contribution is -0.119. The van der Waals surface area contributed by atoms with Crippen LogP contribution in [-0.2, 0) is 20.4 Å². The minimum Gasteiger partial charge on any atom is -0.481 e. The van der Waals surface area contributed by atoms with Crippen molar-refractivity contribution in [3.63, 3.8) is 0 Å². The van der Waals surface area contributed by atoms with Crippen molar-refractivity contribution in [3.05, 3.63) is 129 Å². The van der Waals surface area contributed by atoms with Gasteiger partial charge in [0.05, 0.1) is 29.3 Å². The summed E-state index contributed by atoms with van der Waals surface area (Å²) in [5, 5.41) is 6.05. The molecule has 0 unspecified atom stereocenters. The van der Waals surface area contributed by atoms with Gasteiger partial charge in [0.15, 0.2) is 23.0 Å². The second-order valence-electron chi connectivity index (χ2n) is 17.9. The number of fused-ring (bicyclic) bond motifs is 2. The summed E-state index contributed by atoms with van der Waals surface area (Å²) < 4.78 is 26.9. The molecule has 4 aromatic heterocycles. The fourth-order valence-electron chi connectivity index (χ4n) is 7.77. The maximum Gasteiger partial charge on any atom is 0.247 e. The summed E-state index contributed by atoms with van der Waals surface area (Å²) in [6.07, 6.45) is 6.50. The normalized spacial score (nSPS) is 15.3. The Labute approximate surface area is 397 Å². The molecule has 66 heavy (non-hydrogen) atoms. The molecule has 342 valence electrons. The molecule has 10 rings (SSSR count). The topological polar surface area (TPSA) is 176 Å². The number of anilines is 2. The van der Waals surface area contributed by atoms with E-state index in [-0.39, 0.29) is 31.0 Å². The monoisotopic (exact) mass is 1020 g/mol. The molecule has 0 radical (unpaired) electrons. The number of methoxy groups -OCH3 is 1. The van der Waals surface area contributed by atoms with Crippen molar-refractivity contribution < 1.29 is 33.3 Å². The number of nitrogens with zero attached hydrogens (tertiary/aromatic N) is 3. The predicted molar refractivity (Wildman–Crippen MR) is 265 cm³/mol. The lowest BCUT2D eigenvalue weighted by atomic mass is 9.94. The molecule has 0 atom stereocenters. The third kappa shape index (κ3) is 10.1. The van der Waals surface area contributed by atoms with Crippen LogP contribution in [0.4, 0.5) is 11.6 Å². The van der Waals surface area contributed by atoms with Gasteiger partial charge in [0.25, 0.3) is 0 Å². The maximum atomic E-state index is 13.3. The minimum atomic E-state index is -0.641. The average Bonchev–Trinajstić information content (AvgIpc) is 4.19. The van der Waals surface area contributed by atoms with E-state index in [1.165, 1.54) is 6.07 Å². The van der Waals surface area contributed by atoms with Gasteiger partial charge in [-0.3, -0.25) is 14.4 Å². The van der Waals surface area contributed by atoms with Gasteiger partial charge in [0.2, 0.25) is 36.8 Å². The van der Waals surface area contributed by atoms with E-state index in [1.807, 2.05) is 82.3 Å². The molecule has 6 heterocycles. The molecule has 0 saturated heterocycles. The summed E-state index contributed by atoms with van der Waals surface area (Å²) >= 11 is 2.52. The molecule has 2 saturated carbocycles. The van der Waals surface area contributed by atoms with Gasteiger partial charge in [-0.15, -0.1) is 21.8 Å². The van der Waals surface area contributed by atoms with Gasteiger partial charge in [-0.05, 0) is 135 Å². The van der Waals surface area contributed by atoms with E-state index in [9.17, 15) is 14.4 Å². The lowest BCUT2D eigenvalue weighted by Crippen LogP contribution is -2.28. The number of aryl methyl sites for hydroxylation is 2. The second-order valence-corrected chi connectivity index (χ2v) is 31.7. The van der Waals surface area contributed by atoms with Crippen molar-refractivity contribution in [2.45, 2.75) is 83.8 Å². The number of ether oxygens (including phenoxy) is 5. The summed E-state index contributed by atoms with van der Waals surface area (Å²) in [5.74, 6) is 4.23. The van der Waals surface area contributed by atoms with Gasteiger partial charge in [0.1, 0.15) is 17.2 Å². The summed E-state index contributed by atoms with van der Waals surface area (Å²) in [6.45, 7) is 15.3. The number of amides is 2. The van der Waals surface area contributed by atoms with Crippen LogP contribution in [0.25, 0.3) is 22.5 Å². The van der Waals surface area contributed by atoms with Gasteiger partial charge in [-0.2, -0.15) is 0 Å². The van der Waals surface area contributed by atoms with Crippen LogP contribution in [0.3, 0.4) is 0 Å². The second kappa shape index (κ2) is 18.5. The number of benzene rings is 2. The number of pyridine rings is 4. The highest BCUT2D eigenvalue weighted by Gasteiger charge is 2.53. The van der Waals surface area contributed by atoms with Crippen molar-refractivity contribution >= 4 is 50.8 Å². The largest absolute Gasteiger partial charge is 0.481 e. The SMILES string of the molecule is COc1ccc(-c2nc(NC(=O)C3(c4ccc5c(c4)OCO5)CC3)cc(C)c2C)cn1.C[Si](C)(C)I.Cc1cc(NC(=O)C2(c3ccc4c(c3)OCO4)CC2)nc(-c2ccc(=O)[nH]c2)c1C. The Hall–Kier alpha value is -6.27. The minimum absolute atomic E-state index is 0.0547. The molecule has 16 heteroatoms. The van der Waals surface area contributed by atoms with E-state index < -0.39 is 16.4 Å². The van der Waals surface area contributed by atoms with Gasteiger partial charge < -0.3 is 39.3 Å². The maximum absolute atomic E-state index is 13.3. The first-order valence-electron chi connectivity index (χ1n) is 21.7. The van der Waals surface area contributed by atoms with Gasteiger partial charge in [-0.1, -0.05) is 31.8 Å². The quantitative estimate of drug-likeness (QED) is 0.0714. The zero-order chi connectivity index (χ0) is 47.0. The fourth-order valence-corrected chi connectivity index (χ4v) is 7.77. The highest BCUT2D eigenvalue weighted by atomic mass is 127. The Bertz CT molecular complexity index is 2870. The van der Waals surface area contributed by atoms with Crippen LogP contribution >= 0.6 is 21.8 Å². The molecule has 2 amide bonds. The number of carbonyl (C=O) groups excluding carboxylic acids is 2. The van der Waals surface area contributed by atoms with Crippen molar-refractivity contribution in [2.24, 2.45) is 0 Å². The van der Waals surface area contributed by atoms with E-state index in [2.05, 4.69) is 67.0 Å². The van der Waals surface area contributed by atoms with Crippen molar-refractivity contribution in [3.8, 4) is 51.4 Å². The van der Waals surface area contributed by atoms with Crippen LogP contribution in [0.15, 0.2) is 90.0 Å². The van der Waals surface area contributed by atoms with Gasteiger partial charge >= 0.3 is 0 Å². The first-order chi connectivity index (χ1) is 31.5. The van der Waals surface area contributed by atoms with E-state index in [0.29, 0.717) is 40.5 Å². The molecule has 14 nitrogen and oxygen atoms in total. The third-order valence-electron chi connectivity index (χ3n) is 12.0. The zero-order valence-corrected chi connectivity index (χ0v) is 41.5. The molecule has 0 bridgehead atoms. The van der Waals surface area contributed by atoms with Crippen molar-refractivity contribution in [2.75, 3.05) is 31.3 Å². The van der Waals surface area contributed by atoms with Crippen molar-refractivity contribution in [1.29, 1.82) is 0 Å². The molecule has 4 aliphatic rings. The molecule has 2 aliphatic carbocycles. The highest BCUT2D eigenvalue weighted by molar-refractivity contribution is 14.1. The Morgan fingerprint density at radius 1 is 0.667 bits per heavy atom. The van der Waals surface area contributed by atoms with Gasteiger partial charge in [0, 0.05) is 35.7 Å². The van der Waals surface area contributed by atoms with E-state index in [4.69, 9.17) is 28.7 Å². The Morgan fingerprint density at radius 2 is 1.12 bits per heavy atom. The average molecular weight is 1020 g/mol. The first kappa shape index (κ1) is 46.3. The molecule has 3 N–H and O–H groups in total. The predicted octanol–water partition coefficient (Wildman–Crippen LogP) is 9.88. The summed E-state index contributed by atoms with van der Waals surface area (Å²) in [5.41, 5.74) is 7.21. The van der Waals surface area contributed by atoms with E-state index in [0.717, 1.165) is 81.6 Å². The number of hydrogen-bond donors (Lipinski definition) is 3. The fraction of sp³-hybridized carbons (Fsp3) is 0.320. The standard InChI is InChI=1S/C24H23N3O4.C23H21N3O4.C3H9ISi/c1-14-10-20(26-22(15(14)2)16-4-7-21(29-3)25-12-16)27-23(28)24(8-9-24)17-5-6-18-19(11-17)31-13-30-18;1-13-9-19(25-21(14(13)2)15-3-6-20(27)24-11-15)26-22(28)23(7-8-23)16-4-5-17-18(10-16)30-12-29-17;1-5(2,3)4/h4-7,10-12H,8-9,13H2,1-3H3,(H,26,27,28);3-6,9-11H,7-8,12H2,1-2H3,(H,24,27)(H,25,26,28);1-3H3. The molecule has 2 aromatic carbocycles. The lowest BCUT2D eigenvalue weighted by Gasteiger charge is -2.17. The third-order valence-corrected chi connectivity index (χ3v) is 12.0. The Balaban J connectivity index is 0.000000163. The number of hydrogen-bond acceptors (Lipinski definition) is 11. The number of aromatic nitrogens is 4. The number of aromatic amines is 1. The number of H-pyrrole nitrogens is 1. The molecular weight excluding hydrogens is 968 g/mol. The van der Waals surface area contributed by atoms with E-state index in [1.54, 1.807) is 31.6 Å². The Kier molecular flexibility index (Phi) is 13.0. The molecule has 2 aliphatic heterocycles. The summed E-state index contributed by atoms with van der Waals surface area (Å²) in [7, 11) is 1.58. The summed E-state index contributed by atoms with van der Waals surface area (Å²) in [4.78, 5) is 54.2. The van der Waals surface area contributed by atoms with Crippen LogP contribution in [-0.4, -0.2) is 58.0 Å². The molecule has 2 fully saturated rings. The van der Waals surface area contributed by atoms with Gasteiger partial charge in [-0.25, -0.2) is 15.0 Å². The molecule has 0 spiro atoms.